The fraction of sp³-hybridized carbons (Fsp3) is 0.476. The Hall–Kier alpha value is -1.80. The lowest BCUT2D eigenvalue weighted by molar-refractivity contribution is 0.104. The lowest BCUT2D eigenvalue weighted by Gasteiger charge is -2.30. The third-order valence-corrected chi connectivity index (χ3v) is 5.46. The van der Waals surface area contributed by atoms with Gasteiger partial charge in [-0.1, -0.05) is 13.0 Å². The molecule has 0 saturated carbocycles. The number of benzene rings is 1. The first-order valence-electron chi connectivity index (χ1n) is 9.46. The van der Waals surface area contributed by atoms with Crippen molar-refractivity contribution in [3.05, 3.63) is 41.6 Å². The van der Waals surface area contributed by atoms with Gasteiger partial charge in [0.05, 0.1) is 5.69 Å². The molecule has 0 spiro atoms. The maximum atomic E-state index is 6.45. The van der Waals surface area contributed by atoms with Gasteiger partial charge < -0.3 is 15.0 Å². The molecule has 140 valence electrons. The summed E-state index contributed by atoms with van der Waals surface area (Å²) >= 11 is 0. The summed E-state index contributed by atoms with van der Waals surface area (Å²) in [5.41, 5.74) is 2.85. The van der Waals surface area contributed by atoms with Crippen LogP contribution in [0, 0.1) is 0 Å². The average molecular weight is 371 g/mol. The van der Waals surface area contributed by atoms with Crippen molar-refractivity contribution in [1.29, 1.82) is 0 Å². The van der Waals surface area contributed by atoms with Crippen LogP contribution in [0.4, 0.5) is 11.5 Å². The molecule has 1 aliphatic rings. The molecule has 0 aliphatic carbocycles. The third-order valence-electron chi connectivity index (χ3n) is 5.01. The zero-order valence-corrected chi connectivity index (χ0v) is 17.5. The molecule has 26 heavy (non-hydrogen) atoms. The molecule has 2 heterocycles. The number of nitrogens with one attached hydrogen (secondary N) is 1. The topological polar surface area (TPSA) is 37.4 Å². The van der Waals surface area contributed by atoms with Gasteiger partial charge in [-0.25, -0.2) is 4.98 Å². The van der Waals surface area contributed by atoms with Gasteiger partial charge in [-0.2, -0.15) is 0 Å². The van der Waals surface area contributed by atoms with Crippen molar-refractivity contribution in [3.8, 4) is 5.75 Å². The van der Waals surface area contributed by atoms with E-state index in [9.17, 15) is 0 Å². The van der Waals surface area contributed by atoms with Gasteiger partial charge in [-0.15, -0.1) is 9.24 Å². The smallest absolute Gasteiger partial charge is 0.145 e. The molecule has 2 aromatic rings. The van der Waals surface area contributed by atoms with Crippen LogP contribution in [-0.2, 0) is 12.0 Å². The molecular weight excluding hydrogens is 341 g/mol. The predicted octanol–water partition coefficient (Wildman–Crippen LogP) is 4.10. The lowest BCUT2D eigenvalue weighted by Crippen LogP contribution is -2.31. The second kappa shape index (κ2) is 7.84. The third kappa shape index (κ3) is 3.96. The zero-order chi connectivity index (χ0) is 18.7. The molecule has 4 nitrogen and oxygen atoms in total. The maximum Gasteiger partial charge on any atom is 0.145 e. The van der Waals surface area contributed by atoms with Crippen LogP contribution in [0.2, 0.25) is 0 Å². The van der Waals surface area contributed by atoms with E-state index in [2.05, 4.69) is 58.4 Å². The van der Waals surface area contributed by atoms with Crippen LogP contribution in [0.25, 0.3) is 0 Å². The molecule has 0 bridgehead atoms. The summed E-state index contributed by atoms with van der Waals surface area (Å²) < 4.78 is 6.45. The number of hydrogen-bond acceptors (Lipinski definition) is 4. The molecule has 3 rings (SSSR count). The molecule has 5 heteroatoms. The molecule has 1 aliphatic heterocycles. The molecule has 1 fully saturated rings. The highest BCUT2D eigenvalue weighted by Crippen LogP contribution is 2.32. The molecule has 1 aromatic heterocycles. The number of ether oxygens (including phenoxy) is 1. The normalized spacial score (nSPS) is 14.6. The highest BCUT2D eigenvalue weighted by Gasteiger charge is 2.29. The van der Waals surface area contributed by atoms with Crippen LogP contribution in [0.1, 0.15) is 44.9 Å². The van der Waals surface area contributed by atoms with E-state index in [0.717, 1.165) is 47.8 Å². The summed E-state index contributed by atoms with van der Waals surface area (Å²) in [6, 6.07) is 10.5. The molecule has 0 radical (unpaired) electrons. The molecule has 1 aromatic carbocycles. The highest BCUT2D eigenvalue weighted by molar-refractivity contribution is 7.27. The van der Waals surface area contributed by atoms with E-state index < -0.39 is 5.60 Å². The van der Waals surface area contributed by atoms with Crippen molar-refractivity contribution >= 4 is 26.0 Å². The standard InChI is InChI=1S/C21H30N3OP/c1-5-15-8-11-19(24-12-6-7-13-24)23-20(15)21(2,3)25-17-10-9-16(22-4)14-18(17)26/h8-11,14,22H,5-7,12-13,26H2,1-4H3. The predicted molar refractivity (Wildman–Crippen MR) is 114 cm³/mol. The van der Waals surface area contributed by atoms with Crippen LogP contribution in [0.5, 0.6) is 5.75 Å². The van der Waals surface area contributed by atoms with E-state index in [1.165, 1.54) is 18.4 Å². The first-order valence-corrected chi connectivity index (χ1v) is 10.0. The minimum atomic E-state index is -0.506. The summed E-state index contributed by atoms with van der Waals surface area (Å²) in [7, 11) is 4.69. The molecule has 1 saturated heterocycles. The van der Waals surface area contributed by atoms with Crippen LogP contribution in [-0.4, -0.2) is 25.1 Å². The Balaban J connectivity index is 1.93. The van der Waals surface area contributed by atoms with Gasteiger partial charge in [0, 0.05) is 31.1 Å². The number of aromatic nitrogens is 1. The molecule has 1 unspecified atom stereocenters. The first kappa shape index (κ1) is 19.0. The Morgan fingerprint density at radius 2 is 1.92 bits per heavy atom. The minimum absolute atomic E-state index is 0.506. The number of pyridine rings is 1. The number of rotatable bonds is 6. The van der Waals surface area contributed by atoms with Crippen LogP contribution < -0.4 is 20.3 Å². The number of aryl methyl sites for hydroxylation is 1. The van der Waals surface area contributed by atoms with Crippen molar-refractivity contribution in [2.45, 2.75) is 45.6 Å². The first-order chi connectivity index (χ1) is 12.4. The monoisotopic (exact) mass is 371 g/mol. The Bertz CT molecular complexity index is 770. The van der Waals surface area contributed by atoms with Crippen molar-refractivity contribution in [1.82, 2.24) is 4.98 Å². The summed E-state index contributed by atoms with van der Waals surface area (Å²) in [4.78, 5) is 7.42. The fourth-order valence-corrected chi connectivity index (χ4v) is 3.86. The van der Waals surface area contributed by atoms with Gasteiger partial charge in [-0.3, -0.25) is 0 Å². The summed E-state index contributed by atoms with van der Waals surface area (Å²) in [5, 5.41) is 4.20. The molecule has 1 atom stereocenters. The van der Waals surface area contributed by atoms with Crippen molar-refractivity contribution < 1.29 is 4.74 Å². The van der Waals surface area contributed by atoms with Crippen molar-refractivity contribution in [2.24, 2.45) is 0 Å². The van der Waals surface area contributed by atoms with Crippen LogP contribution in [0.3, 0.4) is 0 Å². The lowest BCUT2D eigenvalue weighted by atomic mass is 9.97. The maximum absolute atomic E-state index is 6.45. The van der Waals surface area contributed by atoms with E-state index in [1.807, 2.05) is 19.2 Å². The second-order valence-electron chi connectivity index (χ2n) is 7.34. The largest absolute Gasteiger partial charge is 0.481 e. The average Bonchev–Trinajstić information content (AvgIpc) is 3.17. The van der Waals surface area contributed by atoms with Gasteiger partial charge in [-0.05, 0) is 62.9 Å². The van der Waals surface area contributed by atoms with E-state index in [-0.39, 0.29) is 0 Å². The summed E-state index contributed by atoms with van der Waals surface area (Å²) in [6.07, 6.45) is 3.45. The van der Waals surface area contributed by atoms with Gasteiger partial charge in [0.1, 0.15) is 17.2 Å². The van der Waals surface area contributed by atoms with E-state index in [1.54, 1.807) is 0 Å². The number of nitrogens with zero attached hydrogens (tertiary/aromatic N) is 2. The SMILES string of the molecule is CCc1ccc(N2CCCC2)nc1C(C)(C)Oc1ccc(NC)cc1P. The summed E-state index contributed by atoms with van der Waals surface area (Å²) in [6.45, 7) is 8.59. The minimum Gasteiger partial charge on any atom is -0.481 e. The molecular formula is C21H30N3OP. The quantitative estimate of drug-likeness (QED) is 0.776. The van der Waals surface area contributed by atoms with E-state index >= 15 is 0 Å². The molecule has 0 amide bonds. The zero-order valence-electron chi connectivity index (χ0n) is 16.3. The summed E-state index contributed by atoms with van der Waals surface area (Å²) in [5.74, 6) is 1.94. The van der Waals surface area contributed by atoms with Crippen molar-refractivity contribution in [3.63, 3.8) is 0 Å². The Kier molecular flexibility index (Phi) is 5.72. The fourth-order valence-electron chi connectivity index (χ4n) is 3.53. The Morgan fingerprint density at radius 1 is 1.19 bits per heavy atom. The van der Waals surface area contributed by atoms with Gasteiger partial charge in [0.2, 0.25) is 0 Å². The highest BCUT2D eigenvalue weighted by atomic mass is 31.0. The second-order valence-corrected chi connectivity index (χ2v) is 7.96. The van der Waals surface area contributed by atoms with E-state index in [4.69, 9.17) is 9.72 Å². The van der Waals surface area contributed by atoms with Crippen LogP contribution >= 0.6 is 9.24 Å². The number of hydrogen-bond donors (Lipinski definition) is 1. The van der Waals surface area contributed by atoms with Crippen molar-refractivity contribution in [2.75, 3.05) is 30.4 Å². The van der Waals surface area contributed by atoms with E-state index in [0.29, 0.717) is 0 Å². The van der Waals surface area contributed by atoms with Crippen LogP contribution in [0.15, 0.2) is 30.3 Å². The molecule has 1 N–H and O–H groups in total. The number of anilines is 2. The van der Waals surface area contributed by atoms with Gasteiger partial charge in [0.15, 0.2) is 0 Å². The Morgan fingerprint density at radius 3 is 2.54 bits per heavy atom. The Labute approximate surface area is 159 Å². The van der Waals surface area contributed by atoms with Gasteiger partial charge in [0.25, 0.3) is 0 Å². The van der Waals surface area contributed by atoms with Gasteiger partial charge >= 0.3 is 0 Å².